The molecule has 0 saturated carbocycles. The van der Waals surface area contributed by atoms with E-state index in [9.17, 15) is 5.11 Å². The van der Waals surface area contributed by atoms with Crippen LogP contribution in [0.1, 0.15) is 5.69 Å². The lowest BCUT2D eigenvalue weighted by atomic mass is 10.1. The summed E-state index contributed by atoms with van der Waals surface area (Å²) >= 11 is 1.81. The summed E-state index contributed by atoms with van der Waals surface area (Å²) in [7, 11) is 0. The van der Waals surface area contributed by atoms with Crippen molar-refractivity contribution in [2.75, 3.05) is 5.32 Å². The summed E-state index contributed by atoms with van der Waals surface area (Å²) in [6, 6.07) is 30.8. The number of thiophene rings is 1. The van der Waals surface area contributed by atoms with Crippen LogP contribution in [0.5, 0.6) is 5.75 Å². The van der Waals surface area contributed by atoms with Gasteiger partial charge in [0.25, 0.3) is 0 Å². The van der Waals surface area contributed by atoms with E-state index in [1.807, 2.05) is 59.9 Å². The molecule has 0 radical (unpaired) electrons. The highest BCUT2D eigenvalue weighted by Crippen LogP contribution is 2.40. The fraction of sp³-hybridized carbons (Fsp3) is 0. The smallest absolute Gasteiger partial charge is 0.116 e. The molecule has 0 unspecified atom stereocenters. The number of phenols is 1. The largest absolute Gasteiger partial charge is 0.508 e. The molecule has 4 aromatic carbocycles. The van der Waals surface area contributed by atoms with Gasteiger partial charge in [0.2, 0.25) is 0 Å². The van der Waals surface area contributed by atoms with Gasteiger partial charge in [-0.05, 0) is 60.7 Å². The molecule has 3 nitrogen and oxygen atoms in total. The number of nitrogens with one attached hydrogen (secondary N) is 1. The van der Waals surface area contributed by atoms with Crippen LogP contribution < -0.4 is 5.32 Å². The summed E-state index contributed by atoms with van der Waals surface area (Å²) in [6.45, 7) is 3.87. The molecule has 2 N–H and O–H groups in total. The van der Waals surface area contributed by atoms with E-state index in [0.29, 0.717) is 0 Å². The number of aromatic hydroxyl groups is 1. The number of phenolic OH excluding ortho intramolecular Hbond substituents is 1. The van der Waals surface area contributed by atoms with Crippen LogP contribution in [0.4, 0.5) is 11.4 Å². The van der Waals surface area contributed by atoms with Gasteiger partial charge in [-0.2, -0.15) is 0 Å². The van der Waals surface area contributed by atoms with Crippen LogP contribution in [-0.4, -0.2) is 9.67 Å². The number of hydrogen-bond acceptors (Lipinski definition) is 3. The second kappa shape index (κ2) is 8.25. The molecular weight excluding hydrogens is 436 g/mol. The number of nitrogens with zero attached hydrogens (tertiary/aromatic N) is 1. The second-order valence-corrected chi connectivity index (χ2v) is 9.25. The van der Waals surface area contributed by atoms with Gasteiger partial charge < -0.3 is 15.0 Å². The van der Waals surface area contributed by atoms with Crippen LogP contribution in [0, 0.1) is 0 Å². The fourth-order valence-corrected chi connectivity index (χ4v) is 5.63. The molecule has 0 amide bonds. The van der Waals surface area contributed by atoms with Crippen molar-refractivity contribution in [2.24, 2.45) is 0 Å². The van der Waals surface area contributed by atoms with Crippen LogP contribution >= 0.6 is 11.3 Å². The molecule has 0 bridgehead atoms. The zero-order valence-corrected chi connectivity index (χ0v) is 19.2. The molecule has 0 saturated heterocycles. The number of para-hydroxylation sites is 1. The number of fused-ring (bicyclic) bond motifs is 4. The molecule has 0 atom stereocenters. The summed E-state index contributed by atoms with van der Waals surface area (Å²) in [5, 5.41) is 17.4. The second-order valence-electron chi connectivity index (χ2n) is 8.16. The predicted molar refractivity (Wildman–Crippen MR) is 147 cm³/mol. The molecule has 0 aliphatic rings. The standard InChI is InChI=1S/C30H22N2OS/c1-2-3-12-27-30(31-20-9-5-4-6-10-20)25-19-22(33)15-16-26(25)32(27)21-14-17-29-24(18-21)23-11-7-8-13-28(23)34-29/h2-19,31,33H,1H2/b12-3-. The highest BCUT2D eigenvalue weighted by Gasteiger charge is 2.18. The molecule has 0 spiro atoms. The normalized spacial score (nSPS) is 11.6. The maximum atomic E-state index is 10.3. The van der Waals surface area contributed by atoms with Crippen molar-refractivity contribution in [3.63, 3.8) is 0 Å². The molecule has 2 aromatic heterocycles. The van der Waals surface area contributed by atoms with E-state index in [1.165, 1.54) is 20.2 Å². The third-order valence-corrected chi connectivity index (χ3v) is 7.19. The monoisotopic (exact) mass is 458 g/mol. The molecule has 0 fully saturated rings. The van der Waals surface area contributed by atoms with Crippen molar-refractivity contribution in [1.29, 1.82) is 0 Å². The molecule has 0 aliphatic carbocycles. The Morgan fingerprint density at radius 2 is 1.59 bits per heavy atom. The van der Waals surface area contributed by atoms with Gasteiger partial charge >= 0.3 is 0 Å². The van der Waals surface area contributed by atoms with E-state index < -0.39 is 0 Å². The van der Waals surface area contributed by atoms with Crippen molar-refractivity contribution in [3.8, 4) is 11.4 Å². The number of rotatable bonds is 5. The Kier molecular flexibility index (Phi) is 4.93. The van der Waals surface area contributed by atoms with Gasteiger partial charge in [0.1, 0.15) is 5.75 Å². The number of hydrogen-bond donors (Lipinski definition) is 2. The average Bonchev–Trinajstić information content (AvgIpc) is 3.38. The first-order valence-electron chi connectivity index (χ1n) is 11.1. The third-order valence-electron chi connectivity index (χ3n) is 6.04. The maximum Gasteiger partial charge on any atom is 0.116 e. The molecule has 6 rings (SSSR count). The Bertz CT molecular complexity index is 1710. The lowest BCUT2D eigenvalue weighted by Crippen LogP contribution is -1.98. The fourth-order valence-electron chi connectivity index (χ4n) is 4.54. The van der Waals surface area contributed by atoms with E-state index >= 15 is 0 Å². The van der Waals surface area contributed by atoms with Crippen LogP contribution in [-0.2, 0) is 0 Å². The van der Waals surface area contributed by atoms with Gasteiger partial charge in [-0.15, -0.1) is 11.3 Å². The summed E-state index contributed by atoms with van der Waals surface area (Å²) in [5.74, 6) is 0.235. The Morgan fingerprint density at radius 3 is 2.44 bits per heavy atom. The van der Waals surface area contributed by atoms with E-state index in [1.54, 1.807) is 12.1 Å². The van der Waals surface area contributed by atoms with Crippen LogP contribution in [0.2, 0.25) is 0 Å². The van der Waals surface area contributed by atoms with E-state index in [0.717, 1.165) is 33.7 Å². The first kappa shape index (κ1) is 20.3. The van der Waals surface area contributed by atoms with Gasteiger partial charge in [-0.3, -0.25) is 0 Å². The summed E-state index contributed by atoms with van der Waals surface area (Å²) < 4.78 is 4.80. The minimum Gasteiger partial charge on any atom is -0.508 e. The lowest BCUT2D eigenvalue weighted by molar-refractivity contribution is 0.476. The van der Waals surface area contributed by atoms with E-state index in [-0.39, 0.29) is 5.75 Å². The molecule has 34 heavy (non-hydrogen) atoms. The highest BCUT2D eigenvalue weighted by molar-refractivity contribution is 7.25. The SMILES string of the molecule is C=C/C=C\c1c(Nc2ccccc2)c2cc(O)ccc2n1-c1ccc2sc3ccccc3c2c1. The van der Waals surface area contributed by atoms with Crippen molar-refractivity contribution in [1.82, 2.24) is 4.57 Å². The third kappa shape index (κ3) is 3.36. The zero-order valence-electron chi connectivity index (χ0n) is 18.4. The maximum absolute atomic E-state index is 10.3. The number of benzene rings is 4. The van der Waals surface area contributed by atoms with Crippen LogP contribution in [0.15, 0.2) is 110 Å². The molecule has 2 heterocycles. The van der Waals surface area contributed by atoms with Crippen molar-refractivity contribution < 1.29 is 5.11 Å². The Labute approximate surface area is 201 Å². The topological polar surface area (TPSA) is 37.2 Å². The van der Waals surface area contributed by atoms with Crippen LogP contribution in [0.3, 0.4) is 0 Å². The van der Waals surface area contributed by atoms with Gasteiger partial charge in [-0.25, -0.2) is 0 Å². The van der Waals surface area contributed by atoms with Crippen molar-refractivity contribution >= 4 is 59.9 Å². The number of allylic oxidation sites excluding steroid dienone is 2. The van der Waals surface area contributed by atoms with Gasteiger partial charge in [0.15, 0.2) is 0 Å². The quantitative estimate of drug-likeness (QED) is 0.254. The van der Waals surface area contributed by atoms with Gasteiger partial charge in [0.05, 0.1) is 16.9 Å². The molecule has 6 aromatic rings. The number of anilines is 2. The first-order valence-corrected chi connectivity index (χ1v) is 11.9. The lowest BCUT2D eigenvalue weighted by Gasteiger charge is -2.11. The first-order chi connectivity index (χ1) is 16.7. The number of aromatic nitrogens is 1. The van der Waals surface area contributed by atoms with Gasteiger partial charge in [0, 0.05) is 36.9 Å². The van der Waals surface area contributed by atoms with Crippen molar-refractivity contribution in [3.05, 3.63) is 115 Å². The highest BCUT2D eigenvalue weighted by atomic mass is 32.1. The molecule has 4 heteroatoms. The van der Waals surface area contributed by atoms with E-state index in [4.69, 9.17) is 0 Å². The van der Waals surface area contributed by atoms with Gasteiger partial charge in [-0.1, -0.05) is 55.1 Å². The molecular formula is C30H22N2OS. The minimum absolute atomic E-state index is 0.235. The average molecular weight is 459 g/mol. The van der Waals surface area contributed by atoms with Crippen LogP contribution in [0.25, 0.3) is 42.8 Å². The van der Waals surface area contributed by atoms with E-state index in [2.05, 4.69) is 65.0 Å². The summed E-state index contributed by atoms with van der Waals surface area (Å²) in [6.07, 6.45) is 5.78. The summed E-state index contributed by atoms with van der Waals surface area (Å²) in [5.41, 5.74) is 4.99. The van der Waals surface area contributed by atoms with Crippen molar-refractivity contribution in [2.45, 2.75) is 0 Å². The minimum atomic E-state index is 0.235. The molecule has 164 valence electrons. The molecule has 0 aliphatic heterocycles. The Balaban J connectivity index is 1.66. The Hall–Kier alpha value is -4.28. The predicted octanol–water partition coefficient (Wildman–Crippen LogP) is 8.65. The summed E-state index contributed by atoms with van der Waals surface area (Å²) in [4.78, 5) is 0. The Morgan fingerprint density at radius 1 is 0.794 bits per heavy atom. The zero-order chi connectivity index (χ0) is 23.1.